The Morgan fingerprint density at radius 1 is 1.70 bits per heavy atom. The van der Waals surface area contributed by atoms with E-state index in [0.29, 0.717) is 6.42 Å². The Bertz CT molecular complexity index is 105. The van der Waals surface area contributed by atoms with Gasteiger partial charge in [-0.05, 0) is 6.42 Å². The first-order valence-electron chi connectivity index (χ1n) is 3.11. The van der Waals surface area contributed by atoms with Crippen LogP contribution in [0.25, 0.3) is 0 Å². The quantitative estimate of drug-likeness (QED) is 0.604. The van der Waals surface area contributed by atoms with E-state index in [4.69, 9.17) is 0 Å². The van der Waals surface area contributed by atoms with Gasteiger partial charge in [0, 0.05) is 11.6 Å². The van der Waals surface area contributed by atoms with Crippen LogP contribution in [-0.4, -0.2) is 19.2 Å². The van der Waals surface area contributed by atoms with E-state index in [2.05, 4.69) is 9.68 Å². The van der Waals surface area contributed by atoms with Crippen LogP contribution in [-0.2, 0) is 14.5 Å². The Hall–Kier alpha value is -0.640. The van der Waals surface area contributed by atoms with Crippen molar-refractivity contribution in [3.63, 3.8) is 0 Å². The standard InChI is InChI=1S/C6H11FO3/c1-3-4-5(9-2)6(8)10-7/h5H,3-4H2,1-2H3. The predicted octanol–water partition coefficient (Wildman–Crippen LogP) is 1.23. The van der Waals surface area contributed by atoms with Crippen LogP contribution in [0.1, 0.15) is 19.8 Å². The third kappa shape index (κ3) is 2.77. The molecule has 0 N–H and O–H groups in total. The van der Waals surface area contributed by atoms with E-state index in [0.717, 1.165) is 6.42 Å². The fourth-order valence-electron chi connectivity index (χ4n) is 0.644. The molecule has 0 bridgehead atoms. The minimum absolute atomic E-state index is 0.485. The van der Waals surface area contributed by atoms with Crippen molar-refractivity contribution in [2.75, 3.05) is 7.11 Å². The lowest BCUT2D eigenvalue weighted by Gasteiger charge is -2.07. The van der Waals surface area contributed by atoms with Crippen LogP contribution >= 0.6 is 0 Å². The summed E-state index contributed by atoms with van der Waals surface area (Å²) in [7, 11) is 1.34. The molecule has 0 aromatic heterocycles. The molecular formula is C6H11FO3. The van der Waals surface area contributed by atoms with Crippen molar-refractivity contribution in [3.05, 3.63) is 0 Å². The summed E-state index contributed by atoms with van der Waals surface area (Å²) in [5.41, 5.74) is 0. The Kier molecular flexibility index (Phi) is 4.84. The van der Waals surface area contributed by atoms with Crippen molar-refractivity contribution in [3.8, 4) is 0 Å². The molecule has 60 valence electrons. The van der Waals surface area contributed by atoms with Crippen LogP contribution in [0.4, 0.5) is 4.53 Å². The Balaban J connectivity index is 3.68. The Morgan fingerprint density at radius 2 is 2.30 bits per heavy atom. The zero-order valence-corrected chi connectivity index (χ0v) is 6.09. The second kappa shape index (κ2) is 5.17. The number of hydrogen-bond donors (Lipinski definition) is 0. The van der Waals surface area contributed by atoms with Gasteiger partial charge in [-0.1, -0.05) is 13.3 Å². The molecule has 1 atom stereocenters. The van der Waals surface area contributed by atoms with Gasteiger partial charge >= 0.3 is 5.97 Å². The van der Waals surface area contributed by atoms with Crippen LogP contribution < -0.4 is 0 Å². The monoisotopic (exact) mass is 150 g/mol. The number of carbonyl (C=O) groups excluding carboxylic acids is 1. The fraction of sp³-hybridized carbons (Fsp3) is 0.833. The van der Waals surface area contributed by atoms with E-state index in [1.165, 1.54) is 7.11 Å². The number of ether oxygens (including phenoxy) is 1. The molecule has 4 heteroatoms. The molecule has 0 saturated carbocycles. The van der Waals surface area contributed by atoms with E-state index in [1.54, 1.807) is 0 Å². The smallest absolute Gasteiger partial charge is 0.370 e. The number of methoxy groups -OCH3 is 1. The highest BCUT2D eigenvalue weighted by Gasteiger charge is 2.18. The molecule has 0 radical (unpaired) electrons. The highest BCUT2D eigenvalue weighted by Crippen LogP contribution is 2.02. The second-order valence-electron chi connectivity index (χ2n) is 1.91. The Morgan fingerprint density at radius 3 is 2.60 bits per heavy atom. The normalized spacial score (nSPS) is 12.7. The lowest BCUT2D eigenvalue weighted by atomic mass is 10.2. The minimum atomic E-state index is -0.954. The zero-order valence-electron chi connectivity index (χ0n) is 6.09. The van der Waals surface area contributed by atoms with Gasteiger partial charge in [0.05, 0.1) is 0 Å². The van der Waals surface area contributed by atoms with Crippen molar-refractivity contribution < 1.29 is 19.0 Å². The summed E-state index contributed by atoms with van der Waals surface area (Å²) in [4.78, 5) is 13.4. The molecule has 0 aliphatic heterocycles. The minimum Gasteiger partial charge on any atom is -0.370 e. The third-order valence-electron chi connectivity index (χ3n) is 1.17. The molecule has 0 rings (SSSR count). The van der Waals surface area contributed by atoms with Crippen molar-refractivity contribution in [1.29, 1.82) is 0 Å². The van der Waals surface area contributed by atoms with Gasteiger partial charge in [0.25, 0.3) is 0 Å². The van der Waals surface area contributed by atoms with Gasteiger partial charge in [0.15, 0.2) is 6.10 Å². The van der Waals surface area contributed by atoms with Crippen LogP contribution in [0, 0.1) is 0 Å². The van der Waals surface area contributed by atoms with Crippen molar-refractivity contribution in [2.24, 2.45) is 0 Å². The lowest BCUT2D eigenvalue weighted by molar-refractivity contribution is -0.195. The second-order valence-corrected chi connectivity index (χ2v) is 1.91. The van der Waals surface area contributed by atoms with E-state index in [-0.39, 0.29) is 0 Å². The van der Waals surface area contributed by atoms with Crippen LogP contribution in [0.3, 0.4) is 0 Å². The predicted molar refractivity (Wildman–Crippen MR) is 32.9 cm³/mol. The van der Waals surface area contributed by atoms with E-state index < -0.39 is 12.1 Å². The summed E-state index contributed by atoms with van der Waals surface area (Å²) in [6.07, 6.45) is 0.488. The van der Waals surface area contributed by atoms with Gasteiger partial charge in [-0.15, -0.1) is 0 Å². The van der Waals surface area contributed by atoms with Crippen LogP contribution in [0.5, 0.6) is 0 Å². The largest absolute Gasteiger partial charge is 0.377 e. The first-order chi connectivity index (χ1) is 4.76. The zero-order chi connectivity index (χ0) is 7.98. The van der Waals surface area contributed by atoms with Crippen molar-refractivity contribution in [2.45, 2.75) is 25.9 Å². The molecule has 3 nitrogen and oxygen atoms in total. The fourth-order valence-corrected chi connectivity index (χ4v) is 0.644. The molecule has 0 aromatic carbocycles. The van der Waals surface area contributed by atoms with Crippen molar-refractivity contribution in [1.82, 2.24) is 0 Å². The van der Waals surface area contributed by atoms with E-state index in [1.807, 2.05) is 6.92 Å². The topological polar surface area (TPSA) is 35.5 Å². The van der Waals surface area contributed by atoms with E-state index >= 15 is 0 Å². The summed E-state index contributed by atoms with van der Waals surface area (Å²) in [5, 5.41) is 0. The van der Waals surface area contributed by atoms with Gasteiger partial charge in [-0.25, -0.2) is 4.79 Å². The van der Waals surface area contributed by atoms with Crippen LogP contribution in [0.2, 0.25) is 0 Å². The average molecular weight is 150 g/mol. The summed E-state index contributed by atoms with van der Waals surface area (Å²) in [5.74, 6) is -0.954. The molecule has 0 amide bonds. The molecule has 0 spiro atoms. The molecule has 0 saturated heterocycles. The summed E-state index contributed by atoms with van der Waals surface area (Å²) in [6, 6.07) is 0. The SMILES string of the molecule is CCCC(OC)C(=O)OF. The number of rotatable bonds is 4. The van der Waals surface area contributed by atoms with Gasteiger partial charge in [0.1, 0.15) is 0 Å². The Labute approximate surface area is 59.0 Å². The number of carbonyl (C=O) groups is 1. The van der Waals surface area contributed by atoms with Crippen molar-refractivity contribution >= 4 is 5.97 Å². The molecule has 1 unspecified atom stereocenters. The van der Waals surface area contributed by atoms with Gasteiger partial charge in [-0.2, -0.15) is 0 Å². The van der Waals surface area contributed by atoms with Gasteiger partial charge < -0.3 is 4.74 Å². The highest BCUT2D eigenvalue weighted by atomic mass is 19.3. The summed E-state index contributed by atoms with van der Waals surface area (Å²) < 4.78 is 15.8. The third-order valence-corrected chi connectivity index (χ3v) is 1.17. The average Bonchev–Trinajstić information content (AvgIpc) is 1.99. The number of halogens is 1. The molecule has 0 aromatic rings. The molecular weight excluding hydrogens is 139 g/mol. The van der Waals surface area contributed by atoms with Gasteiger partial charge in [0.2, 0.25) is 0 Å². The maximum absolute atomic E-state index is 11.2. The molecule has 0 heterocycles. The maximum atomic E-state index is 11.2. The number of hydrogen-bond acceptors (Lipinski definition) is 3. The van der Waals surface area contributed by atoms with Crippen LogP contribution in [0.15, 0.2) is 0 Å². The maximum Gasteiger partial charge on any atom is 0.377 e. The first-order valence-corrected chi connectivity index (χ1v) is 3.11. The molecule has 0 aliphatic carbocycles. The lowest BCUT2D eigenvalue weighted by Crippen LogP contribution is -2.22. The van der Waals surface area contributed by atoms with E-state index in [9.17, 15) is 9.32 Å². The molecule has 0 aliphatic rings. The molecule has 10 heavy (non-hydrogen) atoms. The summed E-state index contributed by atoms with van der Waals surface area (Å²) >= 11 is 0. The molecule has 0 fully saturated rings. The van der Waals surface area contributed by atoms with Gasteiger partial charge in [-0.3, -0.25) is 4.94 Å². The summed E-state index contributed by atoms with van der Waals surface area (Å²) in [6.45, 7) is 1.87. The first kappa shape index (κ1) is 9.36. The highest BCUT2D eigenvalue weighted by molar-refractivity contribution is 5.73.